The lowest BCUT2D eigenvalue weighted by molar-refractivity contribution is 0.0525. The summed E-state index contributed by atoms with van der Waals surface area (Å²) in [4.78, 5) is 11.4. The molecule has 0 bridgehead atoms. The summed E-state index contributed by atoms with van der Waals surface area (Å²) in [6.45, 7) is 8.48. The SMILES string of the molecule is Cc1cc(OCCCNC(=O)OC(C)(C)C)ccc1N. The molecule has 112 valence electrons. The van der Waals surface area contributed by atoms with Gasteiger partial charge in [0.1, 0.15) is 11.4 Å². The van der Waals surface area contributed by atoms with Gasteiger partial charge in [-0.05, 0) is 57.9 Å². The lowest BCUT2D eigenvalue weighted by Crippen LogP contribution is -2.33. The Morgan fingerprint density at radius 3 is 2.65 bits per heavy atom. The van der Waals surface area contributed by atoms with E-state index in [9.17, 15) is 4.79 Å². The van der Waals surface area contributed by atoms with E-state index in [1.54, 1.807) is 0 Å². The Hall–Kier alpha value is -1.91. The monoisotopic (exact) mass is 280 g/mol. The summed E-state index contributed by atoms with van der Waals surface area (Å²) in [5.41, 5.74) is 7.01. The maximum atomic E-state index is 11.4. The summed E-state index contributed by atoms with van der Waals surface area (Å²) < 4.78 is 10.7. The third kappa shape index (κ3) is 6.31. The minimum Gasteiger partial charge on any atom is -0.494 e. The minimum absolute atomic E-state index is 0.402. The van der Waals surface area contributed by atoms with Gasteiger partial charge in [0, 0.05) is 12.2 Å². The summed E-state index contributed by atoms with van der Waals surface area (Å²) in [5, 5.41) is 2.68. The van der Waals surface area contributed by atoms with Crippen LogP contribution >= 0.6 is 0 Å². The van der Waals surface area contributed by atoms with Crippen molar-refractivity contribution in [2.24, 2.45) is 0 Å². The lowest BCUT2D eigenvalue weighted by Gasteiger charge is -2.19. The number of alkyl carbamates (subject to hydrolysis) is 1. The number of amides is 1. The normalized spacial score (nSPS) is 11.0. The highest BCUT2D eigenvalue weighted by Crippen LogP contribution is 2.18. The first-order chi connectivity index (χ1) is 9.28. The molecule has 0 radical (unpaired) electrons. The molecule has 1 rings (SSSR count). The molecule has 0 spiro atoms. The van der Waals surface area contributed by atoms with E-state index in [4.69, 9.17) is 15.2 Å². The number of nitrogens with two attached hydrogens (primary N) is 1. The topological polar surface area (TPSA) is 73.6 Å². The second kappa shape index (κ2) is 7.03. The Morgan fingerprint density at radius 1 is 1.35 bits per heavy atom. The van der Waals surface area contributed by atoms with Crippen molar-refractivity contribution in [2.75, 3.05) is 18.9 Å². The zero-order valence-electron chi connectivity index (χ0n) is 12.7. The maximum absolute atomic E-state index is 11.4. The third-order valence-corrected chi connectivity index (χ3v) is 2.50. The van der Waals surface area contributed by atoms with Gasteiger partial charge in [-0.15, -0.1) is 0 Å². The number of carbonyl (C=O) groups is 1. The number of benzene rings is 1. The Balaban J connectivity index is 2.19. The van der Waals surface area contributed by atoms with E-state index in [0.717, 1.165) is 17.0 Å². The van der Waals surface area contributed by atoms with Crippen molar-refractivity contribution >= 4 is 11.8 Å². The van der Waals surface area contributed by atoms with Crippen LogP contribution in [0.25, 0.3) is 0 Å². The first-order valence-electron chi connectivity index (χ1n) is 6.74. The van der Waals surface area contributed by atoms with E-state index in [1.165, 1.54) is 0 Å². The van der Waals surface area contributed by atoms with Crippen LogP contribution in [0.1, 0.15) is 32.8 Å². The average molecular weight is 280 g/mol. The molecule has 1 amide bonds. The summed E-state index contributed by atoms with van der Waals surface area (Å²) >= 11 is 0. The molecule has 0 aliphatic rings. The molecule has 20 heavy (non-hydrogen) atoms. The van der Waals surface area contributed by atoms with E-state index in [-0.39, 0.29) is 0 Å². The zero-order valence-corrected chi connectivity index (χ0v) is 12.7. The summed E-state index contributed by atoms with van der Waals surface area (Å²) in [7, 11) is 0. The first-order valence-corrected chi connectivity index (χ1v) is 6.74. The molecule has 0 fully saturated rings. The summed E-state index contributed by atoms with van der Waals surface area (Å²) in [6.07, 6.45) is 0.309. The largest absolute Gasteiger partial charge is 0.494 e. The van der Waals surface area contributed by atoms with Crippen molar-refractivity contribution < 1.29 is 14.3 Å². The van der Waals surface area contributed by atoms with Crippen LogP contribution < -0.4 is 15.8 Å². The van der Waals surface area contributed by atoms with Crippen LogP contribution in [0, 0.1) is 6.92 Å². The molecule has 5 heteroatoms. The van der Waals surface area contributed by atoms with Crippen molar-refractivity contribution in [1.82, 2.24) is 5.32 Å². The molecule has 3 N–H and O–H groups in total. The lowest BCUT2D eigenvalue weighted by atomic mass is 10.2. The van der Waals surface area contributed by atoms with E-state index >= 15 is 0 Å². The number of rotatable bonds is 5. The number of aryl methyl sites for hydroxylation is 1. The van der Waals surface area contributed by atoms with Crippen LogP contribution in [0.4, 0.5) is 10.5 Å². The number of nitrogens with one attached hydrogen (secondary N) is 1. The van der Waals surface area contributed by atoms with Crippen LogP contribution in [0.2, 0.25) is 0 Å². The standard InChI is InChI=1S/C15H24N2O3/c1-11-10-12(6-7-13(11)16)19-9-5-8-17-14(18)20-15(2,3)4/h6-7,10H,5,8-9,16H2,1-4H3,(H,17,18). The third-order valence-electron chi connectivity index (χ3n) is 2.50. The van der Waals surface area contributed by atoms with Gasteiger partial charge in [-0.1, -0.05) is 0 Å². The molecule has 0 heterocycles. The Kier molecular flexibility index (Phi) is 5.67. The fourth-order valence-corrected chi connectivity index (χ4v) is 1.50. The predicted molar refractivity (Wildman–Crippen MR) is 79.9 cm³/mol. The van der Waals surface area contributed by atoms with E-state index < -0.39 is 11.7 Å². The maximum Gasteiger partial charge on any atom is 0.407 e. The summed E-state index contributed by atoms with van der Waals surface area (Å²) in [6, 6.07) is 5.56. The first kappa shape index (κ1) is 16.1. The molecular weight excluding hydrogens is 256 g/mol. The van der Waals surface area contributed by atoms with Crippen LogP contribution in [-0.4, -0.2) is 24.8 Å². The molecule has 1 aromatic carbocycles. The number of hydrogen-bond donors (Lipinski definition) is 2. The molecule has 0 aliphatic carbocycles. The second-order valence-electron chi connectivity index (χ2n) is 5.65. The Bertz CT molecular complexity index is 453. The quantitative estimate of drug-likeness (QED) is 0.642. The van der Waals surface area contributed by atoms with Crippen LogP contribution in [0.5, 0.6) is 5.75 Å². The van der Waals surface area contributed by atoms with Gasteiger partial charge in [0.05, 0.1) is 6.61 Å². The van der Waals surface area contributed by atoms with Gasteiger partial charge in [0.2, 0.25) is 0 Å². The van der Waals surface area contributed by atoms with Crippen LogP contribution in [0.15, 0.2) is 18.2 Å². The number of nitrogen functional groups attached to an aromatic ring is 1. The second-order valence-corrected chi connectivity index (χ2v) is 5.65. The van der Waals surface area contributed by atoms with E-state index in [1.807, 2.05) is 45.9 Å². The molecule has 0 saturated carbocycles. The molecule has 0 aliphatic heterocycles. The van der Waals surface area contributed by atoms with Gasteiger partial charge >= 0.3 is 6.09 Å². The molecule has 0 unspecified atom stereocenters. The highest BCUT2D eigenvalue weighted by Gasteiger charge is 2.15. The van der Waals surface area contributed by atoms with Gasteiger partial charge in [-0.25, -0.2) is 4.79 Å². The Labute approximate surface area is 120 Å². The van der Waals surface area contributed by atoms with Crippen LogP contribution in [0.3, 0.4) is 0 Å². The van der Waals surface area contributed by atoms with Gasteiger partial charge < -0.3 is 20.5 Å². The minimum atomic E-state index is -0.470. The molecular formula is C15H24N2O3. The van der Waals surface area contributed by atoms with E-state index in [0.29, 0.717) is 19.6 Å². The van der Waals surface area contributed by atoms with Gasteiger partial charge in [-0.3, -0.25) is 0 Å². The predicted octanol–water partition coefficient (Wildman–Crippen LogP) is 2.87. The van der Waals surface area contributed by atoms with Crippen molar-refractivity contribution in [3.63, 3.8) is 0 Å². The molecule has 0 atom stereocenters. The van der Waals surface area contributed by atoms with Crippen molar-refractivity contribution in [1.29, 1.82) is 0 Å². The summed E-state index contributed by atoms with van der Waals surface area (Å²) in [5.74, 6) is 0.786. The fraction of sp³-hybridized carbons (Fsp3) is 0.533. The van der Waals surface area contributed by atoms with Crippen molar-refractivity contribution in [3.8, 4) is 5.75 Å². The Morgan fingerprint density at radius 2 is 2.05 bits per heavy atom. The highest BCUT2D eigenvalue weighted by molar-refractivity contribution is 5.67. The van der Waals surface area contributed by atoms with E-state index in [2.05, 4.69) is 5.32 Å². The highest BCUT2D eigenvalue weighted by atomic mass is 16.6. The fourth-order valence-electron chi connectivity index (χ4n) is 1.50. The number of carbonyl (C=O) groups excluding carboxylic acids is 1. The zero-order chi connectivity index (χ0) is 15.2. The molecule has 0 aromatic heterocycles. The number of anilines is 1. The van der Waals surface area contributed by atoms with Crippen molar-refractivity contribution in [2.45, 2.75) is 39.7 Å². The average Bonchev–Trinajstić information content (AvgIpc) is 2.31. The molecule has 0 saturated heterocycles. The van der Waals surface area contributed by atoms with Crippen molar-refractivity contribution in [3.05, 3.63) is 23.8 Å². The number of hydrogen-bond acceptors (Lipinski definition) is 4. The molecule has 5 nitrogen and oxygen atoms in total. The van der Waals surface area contributed by atoms with Gasteiger partial charge in [0.25, 0.3) is 0 Å². The van der Waals surface area contributed by atoms with Crippen LogP contribution in [-0.2, 0) is 4.74 Å². The molecule has 1 aromatic rings. The smallest absolute Gasteiger partial charge is 0.407 e. The van der Waals surface area contributed by atoms with Gasteiger partial charge in [0.15, 0.2) is 0 Å². The van der Waals surface area contributed by atoms with Gasteiger partial charge in [-0.2, -0.15) is 0 Å². The number of ether oxygens (including phenoxy) is 2.